The average molecular weight is 401 g/mol. The highest BCUT2D eigenvalue weighted by atomic mass is 16.6. The van der Waals surface area contributed by atoms with Gasteiger partial charge in [-0.15, -0.1) is 0 Å². The quantitative estimate of drug-likeness (QED) is 0.510. The third kappa shape index (κ3) is 4.23. The summed E-state index contributed by atoms with van der Waals surface area (Å²) in [4.78, 5) is 4.55. The lowest BCUT2D eigenvalue weighted by atomic mass is 10.2. The molecule has 0 radical (unpaired) electrons. The largest absolute Gasteiger partial charge is 0.487 e. The van der Waals surface area contributed by atoms with Gasteiger partial charge in [-0.25, -0.2) is 4.98 Å². The van der Waals surface area contributed by atoms with Gasteiger partial charge in [-0.1, -0.05) is 30.3 Å². The van der Waals surface area contributed by atoms with Gasteiger partial charge in [-0.2, -0.15) is 0 Å². The molecule has 3 heterocycles. The van der Waals surface area contributed by atoms with Crippen LogP contribution in [0.3, 0.4) is 0 Å². The maximum Gasteiger partial charge on any atom is 0.161 e. The van der Waals surface area contributed by atoms with Gasteiger partial charge < -0.3 is 23.9 Å². The van der Waals surface area contributed by atoms with Gasteiger partial charge in [0.05, 0.1) is 5.69 Å². The molecule has 0 bridgehead atoms. The first kappa shape index (κ1) is 18.5. The summed E-state index contributed by atoms with van der Waals surface area (Å²) in [5.41, 5.74) is 3.02. The van der Waals surface area contributed by atoms with Crippen molar-refractivity contribution >= 4 is 5.65 Å². The predicted molar refractivity (Wildman–Crippen MR) is 114 cm³/mol. The third-order valence-electron chi connectivity index (χ3n) is 4.99. The number of fused-ring (bicyclic) bond motifs is 2. The smallest absolute Gasteiger partial charge is 0.161 e. The van der Waals surface area contributed by atoms with Crippen LogP contribution < -0.4 is 19.5 Å². The lowest BCUT2D eigenvalue weighted by Crippen LogP contribution is -2.38. The van der Waals surface area contributed by atoms with E-state index in [1.54, 1.807) is 0 Å². The number of hydrogen-bond acceptors (Lipinski definition) is 5. The number of pyridine rings is 1. The van der Waals surface area contributed by atoms with Crippen molar-refractivity contribution < 1.29 is 14.2 Å². The molecule has 1 aliphatic rings. The van der Waals surface area contributed by atoms with Crippen molar-refractivity contribution in [3.05, 3.63) is 90.4 Å². The van der Waals surface area contributed by atoms with Gasteiger partial charge in [0.15, 0.2) is 11.5 Å². The normalized spacial score (nSPS) is 15.3. The minimum absolute atomic E-state index is 0.00735. The van der Waals surface area contributed by atoms with E-state index in [1.165, 1.54) is 5.56 Å². The van der Waals surface area contributed by atoms with Crippen LogP contribution in [0.4, 0.5) is 0 Å². The first-order chi connectivity index (χ1) is 14.8. The molecule has 1 N–H and O–H groups in total. The molecule has 0 saturated carbocycles. The summed E-state index contributed by atoms with van der Waals surface area (Å²) in [6.07, 6.45) is 3.98. The zero-order chi connectivity index (χ0) is 20.2. The minimum atomic E-state index is 0.00735. The van der Waals surface area contributed by atoms with E-state index < -0.39 is 0 Å². The molecule has 152 valence electrons. The molecular weight excluding hydrogens is 378 g/mol. The maximum absolute atomic E-state index is 5.97. The van der Waals surface area contributed by atoms with Crippen LogP contribution in [0.15, 0.2) is 79.1 Å². The lowest BCUT2D eigenvalue weighted by Gasteiger charge is -2.26. The van der Waals surface area contributed by atoms with Gasteiger partial charge in [-0.05, 0) is 42.0 Å². The lowest BCUT2D eigenvalue weighted by molar-refractivity contribution is 0.0902. The first-order valence-electron chi connectivity index (χ1n) is 10.1. The number of rotatable bonds is 7. The molecule has 0 fully saturated rings. The van der Waals surface area contributed by atoms with Crippen LogP contribution in [0.1, 0.15) is 11.3 Å². The van der Waals surface area contributed by atoms with Gasteiger partial charge in [0.25, 0.3) is 0 Å². The second kappa shape index (κ2) is 8.47. The standard InChI is InChI=1S/C24H23N3O3/c1-2-6-23-22(5-1)29-17-21(30-23)14-25-13-18-8-10-20(11-9-18)28-16-19-15-27-12-4-3-7-24(27)26-19/h1-12,15,21,25H,13-14,16-17H2/t21-/m0/s1. The number of nitrogens with one attached hydrogen (secondary N) is 1. The summed E-state index contributed by atoms with van der Waals surface area (Å²) in [6, 6.07) is 21.8. The third-order valence-corrected chi connectivity index (χ3v) is 4.99. The molecule has 2 aromatic carbocycles. The Labute approximate surface area is 175 Å². The summed E-state index contributed by atoms with van der Waals surface area (Å²) < 4.78 is 19.6. The Morgan fingerprint density at radius 3 is 2.70 bits per heavy atom. The number of nitrogens with zero attached hydrogens (tertiary/aromatic N) is 2. The highest BCUT2D eigenvalue weighted by Gasteiger charge is 2.19. The topological polar surface area (TPSA) is 57.0 Å². The van der Waals surface area contributed by atoms with E-state index in [0.29, 0.717) is 13.2 Å². The second-order valence-corrected chi connectivity index (χ2v) is 7.26. The number of imidazole rings is 1. The van der Waals surface area contributed by atoms with Gasteiger partial charge in [0.2, 0.25) is 0 Å². The summed E-state index contributed by atoms with van der Waals surface area (Å²) in [5.74, 6) is 2.45. The van der Waals surface area contributed by atoms with Crippen LogP contribution in [0.25, 0.3) is 5.65 Å². The molecule has 0 unspecified atom stereocenters. The molecule has 6 nitrogen and oxygen atoms in total. The molecule has 5 rings (SSSR count). The fourth-order valence-electron chi connectivity index (χ4n) is 3.46. The van der Waals surface area contributed by atoms with E-state index in [9.17, 15) is 0 Å². The van der Waals surface area contributed by atoms with Gasteiger partial charge in [0.1, 0.15) is 30.7 Å². The van der Waals surface area contributed by atoms with Gasteiger partial charge >= 0.3 is 0 Å². The van der Waals surface area contributed by atoms with Gasteiger partial charge in [0, 0.05) is 25.5 Å². The number of benzene rings is 2. The fourth-order valence-corrected chi connectivity index (χ4v) is 3.46. The summed E-state index contributed by atoms with van der Waals surface area (Å²) >= 11 is 0. The Bertz CT molecular complexity index is 1090. The SMILES string of the molecule is c1ccc2c(c1)OC[C@H](CNCc1ccc(OCc3cn4ccccc4n3)cc1)O2. The molecule has 1 aliphatic heterocycles. The van der Waals surface area contributed by atoms with Crippen LogP contribution in [0, 0.1) is 0 Å². The molecule has 4 aromatic rings. The number of ether oxygens (including phenoxy) is 3. The summed E-state index contributed by atoms with van der Waals surface area (Å²) in [7, 11) is 0. The van der Waals surface area contributed by atoms with Gasteiger partial charge in [-0.3, -0.25) is 0 Å². The van der Waals surface area contributed by atoms with Crippen molar-refractivity contribution in [2.75, 3.05) is 13.2 Å². The second-order valence-electron chi connectivity index (χ2n) is 7.26. The molecule has 2 aromatic heterocycles. The number of hydrogen-bond donors (Lipinski definition) is 1. The summed E-state index contributed by atoms with van der Waals surface area (Å²) in [6.45, 7) is 2.48. The molecule has 0 aliphatic carbocycles. The van der Waals surface area contributed by atoms with Crippen molar-refractivity contribution in [2.45, 2.75) is 19.3 Å². The number of aromatic nitrogens is 2. The van der Waals surface area contributed by atoms with E-state index in [-0.39, 0.29) is 6.10 Å². The molecular formula is C24H23N3O3. The van der Waals surface area contributed by atoms with Crippen LogP contribution >= 0.6 is 0 Å². The Morgan fingerprint density at radius 2 is 1.83 bits per heavy atom. The van der Waals surface area contributed by atoms with Crippen LogP contribution in [0.5, 0.6) is 17.2 Å². The minimum Gasteiger partial charge on any atom is -0.487 e. The highest BCUT2D eigenvalue weighted by Crippen LogP contribution is 2.30. The van der Waals surface area contributed by atoms with Crippen molar-refractivity contribution in [1.29, 1.82) is 0 Å². The fraction of sp³-hybridized carbons (Fsp3) is 0.208. The maximum atomic E-state index is 5.97. The van der Waals surface area contributed by atoms with Crippen LogP contribution in [-0.2, 0) is 13.2 Å². The predicted octanol–water partition coefficient (Wildman–Crippen LogP) is 3.84. The van der Waals surface area contributed by atoms with E-state index >= 15 is 0 Å². The zero-order valence-electron chi connectivity index (χ0n) is 16.5. The van der Waals surface area contributed by atoms with E-state index in [0.717, 1.165) is 41.7 Å². The zero-order valence-corrected chi connectivity index (χ0v) is 16.5. The Morgan fingerprint density at radius 1 is 1.00 bits per heavy atom. The van der Waals surface area contributed by atoms with E-state index in [4.69, 9.17) is 14.2 Å². The van der Waals surface area contributed by atoms with E-state index in [1.807, 2.05) is 71.4 Å². The van der Waals surface area contributed by atoms with Crippen molar-refractivity contribution in [3.8, 4) is 17.2 Å². The highest BCUT2D eigenvalue weighted by molar-refractivity contribution is 5.41. The Hall–Kier alpha value is -3.51. The Balaban J connectivity index is 1.09. The molecule has 30 heavy (non-hydrogen) atoms. The van der Waals surface area contributed by atoms with Crippen LogP contribution in [0.2, 0.25) is 0 Å². The van der Waals surface area contributed by atoms with Crippen LogP contribution in [-0.4, -0.2) is 28.6 Å². The molecule has 0 saturated heterocycles. The van der Waals surface area contributed by atoms with E-state index in [2.05, 4.69) is 22.4 Å². The van der Waals surface area contributed by atoms with Crippen molar-refractivity contribution in [2.24, 2.45) is 0 Å². The van der Waals surface area contributed by atoms with Crippen molar-refractivity contribution in [3.63, 3.8) is 0 Å². The van der Waals surface area contributed by atoms with Crippen molar-refractivity contribution in [1.82, 2.24) is 14.7 Å². The Kier molecular flexibility index (Phi) is 5.23. The average Bonchev–Trinajstić information content (AvgIpc) is 3.21. The summed E-state index contributed by atoms with van der Waals surface area (Å²) in [5, 5.41) is 3.44. The number of para-hydroxylation sites is 2. The molecule has 6 heteroatoms. The monoisotopic (exact) mass is 401 g/mol. The molecule has 0 spiro atoms. The molecule has 0 amide bonds. The first-order valence-corrected chi connectivity index (χ1v) is 10.1. The molecule has 1 atom stereocenters.